The Bertz CT molecular complexity index is 476. The van der Waals surface area contributed by atoms with E-state index in [1.54, 1.807) is 0 Å². The monoisotopic (exact) mass is 276 g/mol. The van der Waals surface area contributed by atoms with Crippen LogP contribution in [0.1, 0.15) is 67.7 Å². The van der Waals surface area contributed by atoms with Crippen molar-refractivity contribution in [2.75, 3.05) is 0 Å². The second kappa shape index (κ2) is 6.33. The van der Waals surface area contributed by atoms with Crippen LogP contribution in [0.3, 0.4) is 0 Å². The lowest BCUT2D eigenvalue weighted by molar-refractivity contribution is -0.136. The minimum atomic E-state index is -0.769. The number of aliphatic carboxylic acids is 1. The van der Waals surface area contributed by atoms with Gasteiger partial charge in [0.05, 0.1) is 0 Å². The number of hydrogen-bond acceptors (Lipinski definition) is 3. The SMILES string of the molecule is CCC1CCC(c2nc(C)c(CCC(=O)O)c(C)n2)C1. The first-order valence-corrected chi connectivity index (χ1v) is 7.57. The van der Waals surface area contributed by atoms with Crippen LogP contribution >= 0.6 is 0 Å². The van der Waals surface area contributed by atoms with Crippen LogP contribution < -0.4 is 0 Å². The Morgan fingerprint density at radius 3 is 2.40 bits per heavy atom. The van der Waals surface area contributed by atoms with E-state index < -0.39 is 5.97 Å². The van der Waals surface area contributed by atoms with Gasteiger partial charge >= 0.3 is 5.97 Å². The van der Waals surface area contributed by atoms with Crippen molar-refractivity contribution in [3.63, 3.8) is 0 Å². The Morgan fingerprint density at radius 2 is 1.90 bits per heavy atom. The molecule has 2 rings (SSSR count). The van der Waals surface area contributed by atoms with Crippen LogP contribution in [0.15, 0.2) is 0 Å². The maximum Gasteiger partial charge on any atom is 0.303 e. The van der Waals surface area contributed by atoms with Crippen molar-refractivity contribution in [3.8, 4) is 0 Å². The molecule has 1 aromatic heterocycles. The molecule has 0 bridgehead atoms. The van der Waals surface area contributed by atoms with Gasteiger partial charge in [-0.2, -0.15) is 0 Å². The van der Waals surface area contributed by atoms with Gasteiger partial charge in [-0.15, -0.1) is 0 Å². The molecule has 0 aliphatic heterocycles. The van der Waals surface area contributed by atoms with Crippen molar-refractivity contribution in [2.24, 2.45) is 5.92 Å². The summed E-state index contributed by atoms with van der Waals surface area (Å²) in [6, 6.07) is 0. The summed E-state index contributed by atoms with van der Waals surface area (Å²) < 4.78 is 0. The van der Waals surface area contributed by atoms with Crippen LogP contribution in [0.2, 0.25) is 0 Å². The number of hydrogen-bond donors (Lipinski definition) is 1. The van der Waals surface area contributed by atoms with Crippen LogP contribution in [0.4, 0.5) is 0 Å². The average molecular weight is 276 g/mol. The molecule has 2 atom stereocenters. The first-order valence-electron chi connectivity index (χ1n) is 7.57. The van der Waals surface area contributed by atoms with Crippen molar-refractivity contribution in [1.29, 1.82) is 0 Å². The van der Waals surface area contributed by atoms with Crippen molar-refractivity contribution < 1.29 is 9.90 Å². The molecule has 4 nitrogen and oxygen atoms in total. The second-order valence-corrected chi connectivity index (χ2v) is 5.91. The average Bonchev–Trinajstić information content (AvgIpc) is 2.86. The molecule has 1 fully saturated rings. The highest BCUT2D eigenvalue weighted by Crippen LogP contribution is 2.38. The van der Waals surface area contributed by atoms with E-state index in [0.717, 1.165) is 28.7 Å². The molecule has 1 aliphatic rings. The molecule has 0 spiro atoms. The molecule has 0 saturated heterocycles. The zero-order valence-corrected chi connectivity index (χ0v) is 12.6. The van der Waals surface area contributed by atoms with E-state index in [4.69, 9.17) is 5.11 Å². The van der Waals surface area contributed by atoms with Gasteiger partial charge in [-0.3, -0.25) is 4.79 Å². The molecule has 2 unspecified atom stereocenters. The van der Waals surface area contributed by atoms with Gasteiger partial charge in [-0.05, 0) is 51.0 Å². The number of carboxylic acids is 1. The summed E-state index contributed by atoms with van der Waals surface area (Å²) in [4.78, 5) is 20.0. The largest absolute Gasteiger partial charge is 0.481 e. The van der Waals surface area contributed by atoms with Crippen LogP contribution in [-0.2, 0) is 11.2 Å². The van der Waals surface area contributed by atoms with Gasteiger partial charge in [0.15, 0.2) is 0 Å². The number of nitrogens with zero attached hydrogens (tertiary/aromatic N) is 2. The van der Waals surface area contributed by atoms with E-state index in [-0.39, 0.29) is 6.42 Å². The van der Waals surface area contributed by atoms with Crippen molar-refractivity contribution in [1.82, 2.24) is 9.97 Å². The summed E-state index contributed by atoms with van der Waals surface area (Å²) in [6.07, 6.45) is 5.57. The molecule has 110 valence electrons. The standard InChI is InChI=1S/C16H24N2O2/c1-4-12-5-6-13(9-12)16-17-10(2)14(11(3)18-16)7-8-15(19)20/h12-13H,4-9H2,1-3H3,(H,19,20). The van der Waals surface area contributed by atoms with Gasteiger partial charge in [-0.25, -0.2) is 9.97 Å². The highest BCUT2D eigenvalue weighted by Gasteiger charge is 2.27. The molecule has 20 heavy (non-hydrogen) atoms. The van der Waals surface area contributed by atoms with Crippen LogP contribution in [0, 0.1) is 19.8 Å². The predicted molar refractivity (Wildman–Crippen MR) is 77.8 cm³/mol. The molecule has 1 N–H and O–H groups in total. The molecule has 0 radical (unpaired) electrons. The highest BCUT2D eigenvalue weighted by atomic mass is 16.4. The van der Waals surface area contributed by atoms with Crippen molar-refractivity contribution >= 4 is 5.97 Å². The third kappa shape index (κ3) is 3.35. The smallest absolute Gasteiger partial charge is 0.303 e. The van der Waals surface area contributed by atoms with E-state index in [0.29, 0.717) is 12.3 Å². The molecular weight excluding hydrogens is 252 g/mol. The van der Waals surface area contributed by atoms with Crippen LogP contribution in [0.25, 0.3) is 0 Å². The van der Waals surface area contributed by atoms with E-state index in [1.807, 2.05) is 13.8 Å². The Morgan fingerprint density at radius 1 is 1.25 bits per heavy atom. The first-order chi connectivity index (χ1) is 9.51. The minimum Gasteiger partial charge on any atom is -0.481 e. The number of aryl methyl sites for hydroxylation is 2. The molecule has 0 amide bonds. The summed E-state index contributed by atoms with van der Waals surface area (Å²) in [7, 11) is 0. The van der Waals surface area contributed by atoms with Crippen LogP contribution in [-0.4, -0.2) is 21.0 Å². The quantitative estimate of drug-likeness (QED) is 0.895. The van der Waals surface area contributed by atoms with Gasteiger partial charge in [-0.1, -0.05) is 13.3 Å². The van der Waals surface area contributed by atoms with Gasteiger partial charge in [0.25, 0.3) is 0 Å². The normalized spacial score (nSPS) is 22.1. The number of rotatable bonds is 5. The molecule has 1 aliphatic carbocycles. The Kier molecular flexibility index (Phi) is 4.73. The summed E-state index contributed by atoms with van der Waals surface area (Å²) in [5, 5.41) is 8.80. The molecule has 0 aromatic carbocycles. The number of aromatic nitrogens is 2. The predicted octanol–water partition coefficient (Wildman–Crippen LogP) is 3.40. The summed E-state index contributed by atoms with van der Waals surface area (Å²) in [5.74, 6) is 1.51. The maximum atomic E-state index is 10.7. The lowest BCUT2D eigenvalue weighted by Gasteiger charge is -2.14. The molecular formula is C16H24N2O2. The fourth-order valence-corrected chi connectivity index (χ4v) is 3.22. The van der Waals surface area contributed by atoms with E-state index in [2.05, 4.69) is 16.9 Å². The summed E-state index contributed by atoms with van der Waals surface area (Å²) in [5.41, 5.74) is 2.91. The number of carboxylic acid groups (broad SMARTS) is 1. The fourth-order valence-electron chi connectivity index (χ4n) is 3.22. The topological polar surface area (TPSA) is 63.1 Å². The lowest BCUT2D eigenvalue weighted by Crippen LogP contribution is -2.10. The zero-order chi connectivity index (χ0) is 14.7. The third-order valence-electron chi connectivity index (χ3n) is 4.51. The van der Waals surface area contributed by atoms with Gasteiger partial charge in [0, 0.05) is 23.7 Å². The highest BCUT2D eigenvalue weighted by molar-refractivity contribution is 5.67. The fraction of sp³-hybridized carbons (Fsp3) is 0.688. The first kappa shape index (κ1) is 14.9. The Labute approximate surface area is 120 Å². The van der Waals surface area contributed by atoms with Crippen molar-refractivity contribution in [3.05, 3.63) is 22.8 Å². The second-order valence-electron chi connectivity index (χ2n) is 5.91. The van der Waals surface area contributed by atoms with Gasteiger partial charge in [0.1, 0.15) is 5.82 Å². The Hall–Kier alpha value is -1.45. The number of carbonyl (C=O) groups is 1. The van der Waals surface area contributed by atoms with Gasteiger partial charge in [0.2, 0.25) is 0 Å². The maximum absolute atomic E-state index is 10.7. The van der Waals surface area contributed by atoms with E-state index in [9.17, 15) is 4.79 Å². The third-order valence-corrected chi connectivity index (χ3v) is 4.51. The Balaban J connectivity index is 2.15. The summed E-state index contributed by atoms with van der Waals surface area (Å²) >= 11 is 0. The lowest BCUT2D eigenvalue weighted by atomic mass is 10.0. The van der Waals surface area contributed by atoms with E-state index >= 15 is 0 Å². The zero-order valence-electron chi connectivity index (χ0n) is 12.6. The van der Waals surface area contributed by atoms with Crippen LogP contribution in [0.5, 0.6) is 0 Å². The van der Waals surface area contributed by atoms with Crippen molar-refractivity contribution in [2.45, 2.75) is 65.2 Å². The molecule has 1 saturated carbocycles. The molecule has 1 heterocycles. The van der Waals surface area contributed by atoms with Gasteiger partial charge < -0.3 is 5.11 Å². The van der Waals surface area contributed by atoms with E-state index in [1.165, 1.54) is 25.7 Å². The minimum absolute atomic E-state index is 0.145. The molecule has 1 aromatic rings. The molecule has 4 heteroatoms. The summed E-state index contributed by atoms with van der Waals surface area (Å²) in [6.45, 7) is 6.20.